The van der Waals surface area contributed by atoms with E-state index < -0.39 is 39.2 Å². The van der Waals surface area contributed by atoms with Crippen LogP contribution in [-0.2, 0) is 25.3 Å². The van der Waals surface area contributed by atoms with Gasteiger partial charge in [0, 0.05) is 47.3 Å². The second kappa shape index (κ2) is 14.6. The van der Waals surface area contributed by atoms with Crippen LogP contribution < -0.4 is 25.8 Å². The number of nitrogens with zero attached hydrogens (tertiary/aromatic N) is 2. The van der Waals surface area contributed by atoms with Crippen LogP contribution in [0.3, 0.4) is 0 Å². The standard InChI is InChI=1S/C35H44Cl2N6O5S/c1-6-48-28-19-22(2)29(49(46,47)41-34(3,4)5)20-27(28)35(33(45)43-17-15-42(16-18-43)21-30(38)44)39-31(23-7-11-25(36)12-8-23)32(40-35)24-9-13-26(37)14-10-24/h7-14,19-20,31-32,39-41H,6,15-18,21H2,1-5H3,(H2,38,44)/t31-,32+,35?. The average Bonchev–Trinajstić information content (AvgIpc) is 3.42. The average molecular weight is 732 g/mol. The maximum absolute atomic E-state index is 15.2. The third kappa shape index (κ3) is 8.23. The van der Waals surface area contributed by atoms with E-state index in [1.54, 1.807) is 69.0 Å². The van der Waals surface area contributed by atoms with Crippen LogP contribution >= 0.6 is 23.2 Å². The quantitative estimate of drug-likeness (QED) is 0.243. The Labute approximate surface area is 298 Å². The van der Waals surface area contributed by atoms with Crippen molar-refractivity contribution < 1.29 is 22.7 Å². The topological polar surface area (TPSA) is 146 Å². The van der Waals surface area contributed by atoms with Gasteiger partial charge in [-0.25, -0.2) is 13.1 Å². The summed E-state index contributed by atoms with van der Waals surface area (Å²) in [6.07, 6.45) is 0. The molecule has 3 aromatic carbocycles. The number of hydrogen-bond acceptors (Lipinski definition) is 8. The van der Waals surface area contributed by atoms with E-state index in [9.17, 15) is 13.2 Å². The number of hydrogen-bond donors (Lipinski definition) is 4. The van der Waals surface area contributed by atoms with Gasteiger partial charge < -0.3 is 15.4 Å². The molecule has 5 N–H and O–H groups in total. The second-order valence-electron chi connectivity index (χ2n) is 13.5. The van der Waals surface area contributed by atoms with Crippen molar-refractivity contribution in [2.45, 2.75) is 62.8 Å². The number of primary amides is 1. The largest absolute Gasteiger partial charge is 0.493 e. The van der Waals surface area contributed by atoms with Crippen molar-refractivity contribution in [1.82, 2.24) is 25.2 Å². The number of aryl methyl sites for hydroxylation is 1. The Hall–Kier alpha value is -3.23. The fourth-order valence-electron chi connectivity index (χ4n) is 6.50. The van der Waals surface area contributed by atoms with Crippen molar-refractivity contribution in [3.8, 4) is 5.75 Å². The number of amides is 2. The van der Waals surface area contributed by atoms with E-state index in [-0.39, 0.29) is 24.0 Å². The molecule has 0 bridgehead atoms. The smallest absolute Gasteiger partial charge is 0.262 e. The lowest BCUT2D eigenvalue weighted by Gasteiger charge is -2.40. The van der Waals surface area contributed by atoms with Crippen LogP contribution in [0.5, 0.6) is 5.75 Å². The van der Waals surface area contributed by atoms with Crippen LogP contribution in [0.4, 0.5) is 0 Å². The first-order chi connectivity index (χ1) is 23.0. The fraction of sp³-hybridized carbons (Fsp3) is 0.429. The van der Waals surface area contributed by atoms with Crippen LogP contribution in [0.25, 0.3) is 0 Å². The van der Waals surface area contributed by atoms with Gasteiger partial charge in [0.1, 0.15) is 5.75 Å². The minimum atomic E-state index is -4.04. The molecule has 49 heavy (non-hydrogen) atoms. The molecular weight excluding hydrogens is 687 g/mol. The van der Waals surface area contributed by atoms with Gasteiger partial charge in [-0.1, -0.05) is 47.5 Å². The number of nitrogens with one attached hydrogen (secondary N) is 3. The van der Waals surface area contributed by atoms with Crippen LogP contribution in [-0.4, -0.2) is 74.9 Å². The highest BCUT2D eigenvalue weighted by Crippen LogP contribution is 2.46. The van der Waals surface area contributed by atoms with Gasteiger partial charge in [0.05, 0.1) is 30.1 Å². The molecule has 14 heteroatoms. The predicted octanol–water partition coefficient (Wildman–Crippen LogP) is 4.24. The Morgan fingerprint density at radius 1 is 0.939 bits per heavy atom. The summed E-state index contributed by atoms with van der Waals surface area (Å²) < 4.78 is 36.7. The Morgan fingerprint density at radius 3 is 1.90 bits per heavy atom. The van der Waals surface area contributed by atoms with E-state index in [4.69, 9.17) is 33.7 Å². The number of nitrogens with two attached hydrogens (primary N) is 1. The van der Waals surface area contributed by atoms with Gasteiger partial charge in [0.25, 0.3) is 5.91 Å². The summed E-state index contributed by atoms with van der Waals surface area (Å²) >= 11 is 12.6. The number of carbonyl (C=O) groups excluding carboxylic acids is 2. The summed E-state index contributed by atoms with van der Waals surface area (Å²) in [7, 11) is -4.04. The Kier molecular flexibility index (Phi) is 11.0. The third-order valence-corrected chi connectivity index (χ3v) is 11.0. The Bertz CT molecular complexity index is 1740. The predicted molar refractivity (Wildman–Crippen MR) is 191 cm³/mol. The maximum Gasteiger partial charge on any atom is 0.262 e. The molecule has 0 spiro atoms. The summed E-state index contributed by atoms with van der Waals surface area (Å²) in [5.74, 6) is -0.397. The van der Waals surface area contributed by atoms with E-state index in [0.717, 1.165) is 11.1 Å². The lowest BCUT2D eigenvalue weighted by atomic mass is 9.95. The number of carbonyl (C=O) groups is 2. The van der Waals surface area contributed by atoms with E-state index in [2.05, 4.69) is 15.4 Å². The first-order valence-electron chi connectivity index (χ1n) is 16.2. The van der Waals surface area contributed by atoms with Crippen molar-refractivity contribution >= 4 is 45.0 Å². The molecule has 2 saturated heterocycles. The molecule has 0 radical (unpaired) electrons. The van der Waals surface area contributed by atoms with Crippen LogP contribution in [0.2, 0.25) is 10.0 Å². The molecule has 0 saturated carbocycles. The third-order valence-electron chi connectivity index (χ3n) is 8.61. The summed E-state index contributed by atoms with van der Waals surface area (Å²) in [4.78, 5) is 30.5. The number of rotatable bonds is 10. The van der Waals surface area contributed by atoms with E-state index in [0.29, 0.717) is 53.1 Å². The first kappa shape index (κ1) is 37.0. The van der Waals surface area contributed by atoms with Crippen molar-refractivity contribution in [1.29, 1.82) is 0 Å². The molecule has 2 aliphatic heterocycles. The SMILES string of the molecule is CCOc1cc(C)c(S(=O)(=O)NC(C)(C)C)cc1C1(C(=O)N2CCN(CC(N)=O)CC2)N[C@H](c2ccc(Cl)cc2)[C@H](c2ccc(Cl)cc2)N1. The minimum absolute atomic E-state index is 0.0286. The maximum atomic E-state index is 15.2. The van der Waals surface area contributed by atoms with Gasteiger partial charge >= 0.3 is 0 Å². The van der Waals surface area contributed by atoms with Gasteiger partial charge in [0.2, 0.25) is 15.9 Å². The van der Waals surface area contributed by atoms with Crippen LogP contribution in [0.15, 0.2) is 65.6 Å². The van der Waals surface area contributed by atoms with Gasteiger partial charge in [-0.15, -0.1) is 0 Å². The summed E-state index contributed by atoms with van der Waals surface area (Å²) in [6, 6.07) is 17.0. The number of halogens is 2. The number of piperazine rings is 1. The molecule has 3 aromatic rings. The molecular formula is C35H44Cl2N6O5S. The van der Waals surface area contributed by atoms with Crippen molar-refractivity contribution in [2.24, 2.45) is 5.73 Å². The van der Waals surface area contributed by atoms with Gasteiger partial charge in [-0.05, 0) is 87.7 Å². The zero-order valence-corrected chi connectivity index (χ0v) is 30.7. The minimum Gasteiger partial charge on any atom is -0.493 e. The molecule has 1 unspecified atom stereocenters. The zero-order chi connectivity index (χ0) is 35.7. The molecule has 2 heterocycles. The van der Waals surface area contributed by atoms with Crippen LogP contribution in [0.1, 0.15) is 62.0 Å². The van der Waals surface area contributed by atoms with E-state index in [1.807, 2.05) is 36.1 Å². The highest BCUT2D eigenvalue weighted by Gasteiger charge is 2.55. The lowest BCUT2D eigenvalue weighted by molar-refractivity contribution is -0.141. The van der Waals surface area contributed by atoms with Crippen molar-refractivity contribution in [3.05, 3.63) is 93.0 Å². The number of benzene rings is 3. The summed E-state index contributed by atoms with van der Waals surface area (Å²) in [5.41, 5.74) is 5.53. The monoisotopic (exact) mass is 730 g/mol. The molecule has 264 valence electrons. The molecule has 11 nitrogen and oxygen atoms in total. The summed E-state index contributed by atoms with van der Waals surface area (Å²) in [5, 5.41) is 8.41. The first-order valence-corrected chi connectivity index (χ1v) is 18.4. The molecule has 5 rings (SSSR count). The molecule has 0 aliphatic carbocycles. The van der Waals surface area contributed by atoms with Crippen molar-refractivity contribution in [2.75, 3.05) is 39.3 Å². The second-order valence-corrected chi connectivity index (χ2v) is 16.1. The lowest BCUT2D eigenvalue weighted by Crippen LogP contribution is -2.62. The molecule has 2 aliphatic rings. The number of ether oxygens (including phenoxy) is 1. The molecule has 2 amide bonds. The van der Waals surface area contributed by atoms with E-state index in [1.165, 1.54) is 0 Å². The molecule has 2 fully saturated rings. The molecule has 3 atom stereocenters. The normalized spacial score (nSPS) is 21.9. The summed E-state index contributed by atoms with van der Waals surface area (Å²) in [6.45, 7) is 10.7. The highest BCUT2D eigenvalue weighted by molar-refractivity contribution is 7.89. The van der Waals surface area contributed by atoms with Gasteiger partial charge in [-0.2, -0.15) is 0 Å². The van der Waals surface area contributed by atoms with Gasteiger partial charge in [0.15, 0.2) is 5.66 Å². The Balaban J connectivity index is 1.72. The fourth-order valence-corrected chi connectivity index (χ4v) is 8.43. The zero-order valence-electron chi connectivity index (χ0n) is 28.3. The van der Waals surface area contributed by atoms with Crippen LogP contribution in [0, 0.1) is 6.92 Å². The van der Waals surface area contributed by atoms with E-state index >= 15 is 4.79 Å². The Morgan fingerprint density at radius 2 is 1.45 bits per heavy atom. The highest BCUT2D eigenvalue weighted by atomic mass is 35.5. The van der Waals surface area contributed by atoms with Crippen molar-refractivity contribution in [3.63, 3.8) is 0 Å². The van der Waals surface area contributed by atoms with Gasteiger partial charge in [-0.3, -0.25) is 25.1 Å². The molecule has 0 aromatic heterocycles. The number of sulfonamides is 1.